The highest BCUT2D eigenvalue weighted by molar-refractivity contribution is 7.52. The van der Waals surface area contributed by atoms with Gasteiger partial charge in [-0.3, -0.25) is 23.7 Å². The van der Waals surface area contributed by atoms with Crippen molar-refractivity contribution in [2.45, 2.75) is 77.0 Å². The molecule has 0 spiro atoms. The Morgan fingerprint density at radius 1 is 1.19 bits per heavy atom. The van der Waals surface area contributed by atoms with E-state index in [1.807, 2.05) is 0 Å². The minimum Gasteiger partial charge on any atom is -0.462 e. The van der Waals surface area contributed by atoms with Crippen molar-refractivity contribution in [2.24, 2.45) is 0 Å². The molecule has 2 heterocycles. The van der Waals surface area contributed by atoms with Crippen LogP contribution in [0.1, 0.15) is 52.7 Å². The molecule has 3 rings (SSSR count). The zero-order valence-electron chi connectivity index (χ0n) is 21.1. The molecular formula is C24H34N3O9P. The molecule has 13 heteroatoms. The maximum Gasteiger partial charge on any atom is 0.459 e. The van der Waals surface area contributed by atoms with Gasteiger partial charge in [-0.2, -0.15) is 5.09 Å². The molecule has 0 amide bonds. The second-order valence-electron chi connectivity index (χ2n) is 9.03. The average molecular weight is 540 g/mol. The van der Waals surface area contributed by atoms with Crippen LogP contribution in [-0.4, -0.2) is 51.6 Å². The van der Waals surface area contributed by atoms with Gasteiger partial charge in [-0.05, 0) is 52.2 Å². The molecule has 3 N–H and O–H groups in total. The molecule has 1 saturated heterocycles. The summed E-state index contributed by atoms with van der Waals surface area (Å²) in [7, 11) is -4.18. The van der Waals surface area contributed by atoms with Crippen molar-refractivity contribution < 1.29 is 33.0 Å². The number of aromatic nitrogens is 2. The summed E-state index contributed by atoms with van der Waals surface area (Å²) in [4.78, 5) is 38.3. The summed E-state index contributed by atoms with van der Waals surface area (Å²) in [6.07, 6.45) is 0.349. The summed E-state index contributed by atoms with van der Waals surface area (Å²) < 4.78 is 37.5. The van der Waals surface area contributed by atoms with Gasteiger partial charge in [-0.15, -0.1) is 0 Å². The Morgan fingerprint density at radius 3 is 2.57 bits per heavy atom. The van der Waals surface area contributed by atoms with E-state index in [4.69, 9.17) is 18.5 Å². The van der Waals surface area contributed by atoms with E-state index in [2.05, 4.69) is 10.1 Å². The van der Waals surface area contributed by atoms with Crippen LogP contribution in [0.2, 0.25) is 0 Å². The van der Waals surface area contributed by atoms with E-state index < -0.39 is 49.4 Å². The number of hydrogen-bond donors (Lipinski definition) is 3. The van der Waals surface area contributed by atoms with Crippen molar-refractivity contribution >= 4 is 13.7 Å². The van der Waals surface area contributed by atoms with Gasteiger partial charge in [0, 0.05) is 12.3 Å². The Morgan fingerprint density at radius 2 is 1.89 bits per heavy atom. The lowest BCUT2D eigenvalue weighted by atomic mass is 10.0. The van der Waals surface area contributed by atoms with Crippen LogP contribution in [-0.2, 0) is 23.4 Å². The average Bonchev–Trinajstić information content (AvgIpc) is 2.82. The molecule has 1 aromatic carbocycles. The number of carbonyl (C=O) groups is 1. The highest BCUT2D eigenvalue weighted by Gasteiger charge is 2.36. The zero-order valence-corrected chi connectivity index (χ0v) is 22.0. The van der Waals surface area contributed by atoms with Crippen molar-refractivity contribution in [3.63, 3.8) is 0 Å². The van der Waals surface area contributed by atoms with Gasteiger partial charge in [0.05, 0.1) is 18.8 Å². The number of H-pyrrole nitrogens is 1. The van der Waals surface area contributed by atoms with Crippen LogP contribution < -0.4 is 20.9 Å². The number of ether oxygens (including phenoxy) is 2. The third kappa shape index (κ3) is 8.65. The Bertz CT molecular complexity index is 1180. The van der Waals surface area contributed by atoms with Crippen molar-refractivity contribution in [3.8, 4) is 5.75 Å². The number of carbonyl (C=O) groups excluding carboxylic acids is 1. The summed E-state index contributed by atoms with van der Waals surface area (Å²) >= 11 is 0. The van der Waals surface area contributed by atoms with Gasteiger partial charge in [0.15, 0.2) is 0 Å². The molecule has 2 aromatic rings. The van der Waals surface area contributed by atoms with E-state index in [1.165, 1.54) is 23.8 Å². The third-order valence-electron chi connectivity index (χ3n) is 5.56. The molecular weight excluding hydrogens is 505 g/mol. The van der Waals surface area contributed by atoms with Crippen molar-refractivity contribution in [1.82, 2.24) is 14.6 Å². The first-order chi connectivity index (χ1) is 17.6. The van der Waals surface area contributed by atoms with E-state index in [0.717, 1.165) is 0 Å². The lowest BCUT2D eigenvalue weighted by Crippen LogP contribution is -2.41. The number of rotatable bonds is 10. The smallest absolute Gasteiger partial charge is 0.459 e. The number of esters is 1. The van der Waals surface area contributed by atoms with Crippen LogP contribution >= 0.6 is 7.75 Å². The first-order valence-electron chi connectivity index (χ1n) is 12.2. The lowest BCUT2D eigenvalue weighted by molar-refractivity contribution is -0.149. The molecule has 1 aliphatic heterocycles. The standard InChI is InChI=1S/C24H34N3O9P/c1-16(2)34-23(30)17(3)26-37(32,36-18-9-5-4-6-10-18)33-15-20-19(28)11-7-8-12-22(35-20)27-14-13-21(29)25-24(27)31/h4-6,9-10,13-14,16-17,19-20,22,28H,7-8,11-12,15H2,1-3H3,(H,26,32)(H,25,29,31)/t17-,19-,20+,22+,37?/m0/s1. The Hall–Kier alpha value is -2.76. The van der Waals surface area contributed by atoms with E-state index in [9.17, 15) is 24.1 Å². The summed E-state index contributed by atoms with van der Waals surface area (Å²) in [6.45, 7) is 4.48. The maximum atomic E-state index is 13.7. The van der Waals surface area contributed by atoms with E-state index in [1.54, 1.807) is 44.2 Å². The molecule has 1 aliphatic rings. The van der Waals surface area contributed by atoms with Gasteiger partial charge in [0.25, 0.3) is 5.56 Å². The van der Waals surface area contributed by atoms with Crippen molar-refractivity contribution in [2.75, 3.05) is 6.61 Å². The van der Waals surface area contributed by atoms with Crippen LogP contribution in [0.5, 0.6) is 5.75 Å². The Balaban J connectivity index is 1.80. The second kappa shape index (κ2) is 13.2. The first kappa shape index (κ1) is 28.8. The predicted octanol–water partition coefficient (Wildman–Crippen LogP) is 2.49. The first-order valence-corrected chi connectivity index (χ1v) is 13.7. The van der Waals surface area contributed by atoms with Crippen LogP contribution in [0.4, 0.5) is 0 Å². The highest BCUT2D eigenvalue weighted by Crippen LogP contribution is 2.45. The molecule has 204 valence electrons. The molecule has 0 aliphatic carbocycles. The van der Waals surface area contributed by atoms with E-state index in [0.29, 0.717) is 25.7 Å². The molecule has 0 radical (unpaired) electrons. The number of para-hydroxylation sites is 1. The molecule has 12 nitrogen and oxygen atoms in total. The van der Waals surface area contributed by atoms with Gasteiger partial charge in [0.1, 0.15) is 24.1 Å². The fourth-order valence-electron chi connectivity index (χ4n) is 3.73. The third-order valence-corrected chi connectivity index (χ3v) is 7.20. The number of hydrogen-bond acceptors (Lipinski definition) is 9. The largest absolute Gasteiger partial charge is 0.462 e. The van der Waals surface area contributed by atoms with Crippen molar-refractivity contribution in [3.05, 3.63) is 63.4 Å². The fraction of sp³-hybridized carbons (Fsp3) is 0.542. The summed E-state index contributed by atoms with van der Waals surface area (Å²) in [5, 5.41) is 13.3. The SMILES string of the molecule is CC(C)OC(=O)[C@H](C)NP(=O)(OC[C@H]1O[C@@H](n2ccc(=O)[nH]c2=O)CCCC[C@@H]1O)Oc1ccccc1. The number of benzene rings is 1. The van der Waals surface area contributed by atoms with Crippen LogP contribution in [0.3, 0.4) is 0 Å². The van der Waals surface area contributed by atoms with E-state index >= 15 is 0 Å². The van der Waals surface area contributed by atoms with Crippen LogP contribution in [0.25, 0.3) is 0 Å². The fourth-order valence-corrected chi connectivity index (χ4v) is 5.24. The quantitative estimate of drug-likeness (QED) is 0.303. The molecule has 1 unspecified atom stereocenters. The lowest BCUT2D eigenvalue weighted by Gasteiger charge is -2.32. The molecule has 0 saturated carbocycles. The van der Waals surface area contributed by atoms with Gasteiger partial charge in [-0.1, -0.05) is 24.6 Å². The van der Waals surface area contributed by atoms with Crippen LogP contribution in [0.15, 0.2) is 52.2 Å². The van der Waals surface area contributed by atoms with Crippen LogP contribution in [0, 0.1) is 0 Å². The number of aliphatic hydroxyl groups excluding tert-OH is 1. The Kier molecular flexibility index (Phi) is 10.2. The summed E-state index contributed by atoms with van der Waals surface area (Å²) in [6, 6.07) is 8.45. The van der Waals surface area contributed by atoms with Crippen molar-refractivity contribution in [1.29, 1.82) is 0 Å². The van der Waals surface area contributed by atoms with E-state index in [-0.39, 0.29) is 18.5 Å². The number of nitrogens with zero attached hydrogens (tertiary/aromatic N) is 1. The molecule has 37 heavy (non-hydrogen) atoms. The maximum absolute atomic E-state index is 13.7. The number of aromatic amines is 1. The van der Waals surface area contributed by atoms with Gasteiger partial charge in [-0.25, -0.2) is 9.36 Å². The Labute approximate surface area is 214 Å². The molecule has 1 aromatic heterocycles. The van der Waals surface area contributed by atoms with Gasteiger partial charge in [0.2, 0.25) is 0 Å². The highest BCUT2D eigenvalue weighted by atomic mass is 31.2. The molecule has 0 bridgehead atoms. The topological polar surface area (TPSA) is 158 Å². The molecule has 5 atom stereocenters. The summed E-state index contributed by atoms with van der Waals surface area (Å²) in [5.41, 5.74) is -1.19. The number of aliphatic hydroxyl groups is 1. The monoisotopic (exact) mass is 539 g/mol. The minimum atomic E-state index is -4.18. The summed E-state index contributed by atoms with van der Waals surface area (Å²) in [5.74, 6) is -0.408. The predicted molar refractivity (Wildman–Crippen MR) is 134 cm³/mol. The van der Waals surface area contributed by atoms with Gasteiger partial charge >= 0.3 is 19.4 Å². The zero-order chi connectivity index (χ0) is 27.0. The second-order valence-corrected chi connectivity index (χ2v) is 10.7. The molecule has 1 fully saturated rings. The number of nitrogens with one attached hydrogen (secondary N) is 2. The minimum absolute atomic E-state index is 0.236. The van der Waals surface area contributed by atoms with Gasteiger partial charge < -0.3 is 19.1 Å². The normalized spacial score (nSPS) is 22.9.